The first-order valence-corrected chi connectivity index (χ1v) is 8.37. The largest absolute Gasteiger partial charge is 0.333 e. The first-order valence-electron chi connectivity index (χ1n) is 7.56. The summed E-state index contributed by atoms with van der Waals surface area (Å²) in [7, 11) is 0. The molecule has 4 aromatic rings. The molecule has 2 N–H and O–H groups in total. The van der Waals surface area contributed by atoms with Gasteiger partial charge in [-0.1, -0.05) is 5.16 Å². The summed E-state index contributed by atoms with van der Waals surface area (Å²) in [5, 5.41) is 24.3. The number of rotatable bonds is 5. The first-order chi connectivity index (χ1) is 13.2. The van der Waals surface area contributed by atoms with Crippen LogP contribution in [-0.2, 0) is 0 Å². The molecule has 11 heteroatoms. The number of aliphatic imine (C=N–C) groups is 1. The summed E-state index contributed by atoms with van der Waals surface area (Å²) in [4.78, 5) is 24.5. The summed E-state index contributed by atoms with van der Waals surface area (Å²) in [6.07, 6.45) is 2.79. The Labute approximate surface area is 154 Å². The molecule has 0 aliphatic rings. The van der Waals surface area contributed by atoms with Crippen LogP contribution in [0.3, 0.4) is 0 Å². The maximum Gasteiger partial charge on any atom is 0.270 e. The Kier molecular flexibility index (Phi) is 4.28. The van der Waals surface area contributed by atoms with Crippen LogP contribution < -0.4 is 5.48 Å². The molecular formula is C16H10N6O4S. The lowest BCUT2D eigenvalue weighted by Gasteiger charge is -1.94. The minimum Gasteiger partial charge on any atom is -0.333 e. The molecule has 3 heterocycles. The number of hydroxylamine groups is 1. The summed E-state index contributed by atoms with van der Waals surface area (Å²) in [5.74, 6) is 0.525. The molecule has 1 aromatic carbocycles. The quantitative estimate of drug-likeness (QED) is 0.231. The third kappa shape index (κ3) is 3.12. The predicted octanol–water partition coefficient (Wildman–Crippen LogP) is 3.56. The average Bonchev–Trinajstić information content (AvgIpc) is 3.31. The zero-order chi connectivity index (χ0) is 18.8. The van der Waals surface area contributed by atoms with E-state index < -0.39 is 4.92 Å². The summed E-state index contributed by atoms with van der Waals surface area (Å²) in [5.41, 5.74) is 2.96. The number of benzene rings is 1. The monoisotopic (exact) mass is 382 g/mol. The Morgan fingerprint density at radius 2 is 2.11 bits per heavy atom. The van der Waals surface area contributed by atoms with Crippen molar-refractivity contribution in [2.24, 2.45) is 4.99 Å². The molecule has 0 fully saturated rings. The third-order valence-corrected chi connectivity index (χ3v) is 4.74. The van der Waals surface area contributed by atoms with Crippen molar-refractivity contribution in [3.63, 3.8) is 0 Å². The maximum atomic E-state index is 10.8. The van der Waals surface area contributed by atoms with Crippen molar-refractivity contribution in [1.82, 2.24) is 20.6 Å². The van der Waals surface area contributed by atoms with Crippen molar-refractivity contribution in [2.45, 2.75) is 0 Å². The van der Waals surface area contributed by atoms with E-state index in [1.807, 2.05) is 11.5 Å². The Balaban J connectivity index is 1.77. The standard InChI is InChI=1S/C16H10N6O4S/c23-19-8-18-12-11-2-1-7-17-16(11)27-13(12)15-20-14(21-26-15)9-3-5-10(6-4-9)22(24)25/h1-8,23H,(H,18,19). The number of nitro benzene ring substituents is 1. The fourth-order valence-corrected chi connectivity index (χ4v) is 3.46. The number of fused-ring (bicyclic) bond motifs is 1. The van der Waals surface area contributed by atoms with Crippen LogP contribution in [0.25, 0.3) is 32.4 Å². The van der Waals surface area contributed by atoms with Crippen LogP contribution in [0.4, 0.5) is 11.4 Å². The lowest BCUT2D eigenvalue weighted by atomic mass is 10.2. The van der Waals surface area contributed by atoms with Gasteiger partial charge in [-0.2, -0.15) is 4.98 Å². The zero-order valence-electron chi connectivity index (χ0n) is 13.4. The number of thiophene rings is 1. The predicted molar refractivity (Wildman–Crippen MR) is 98.1 cm³/mol. The second-order valence-corrected chi connectivity index (χ2v) is 6.25. The van der Waals surface area contributed by atoms with E-state index in [4.69, 9.17) is 9.73 Å². The Morgan fingerprint density at radius 1 is 1.30 bits per heavy atom. The smallest absolute Gasteiger partial charge is 0.270 e. The molecular weight excluding hydrogens is 372 g/mol. The van der Waals surface area contributed by atoms with Crippen LogP contribution in [-0.4, -0.2) is 31.6 Å². The lowest BCUT2D eigenvalue weighted by molar-refractivity contribution is -0.384. The van der Waals surface area contributed by atoms with Crippen LogP contribution in [0.5, 0.6) is 0 Å². The Morgan fingerprint density at radius 3 is 2.85 bits per heavy atom. The molecule has 0 saturated heterocycles. The van der Waals surface area contributed by atoms with Crippen LogP contribution >= 0.6 is 11.3 Å². The number of hydrogen-bond acceptors (Lipinski definition) is 9. The molecule has 10 nitrogen and oxygen atoms in total. The molecule has 27 heavy (non-hydrogen) atoms. The van der Waals surface area contributed by atoms with Gasteiger partial charge in [-0.3, -0.25) is 20.8 Å². The Bertz CT molecular complexity index is 1150. The average molecular weight is 382 g/mol. The lowest BCUT2D eigenvalue weighted by Crippen LogP contribution is -2.00. The first kappa shape index (κ1) is 16.8. The van der Waals surface area contributed by atoms with Gasteiger partial charge in [-0.25, -0.2) is 9.98 Å². The van der Waals surface area contributed by atoms with Gasteiger partial charge in [0.05, 0.1) is 10.6 Å². The van der Waals surface area contributed by atoms with Crippen molar-refractivity contribution in [3.8, 4) is 22.2 Å². The summed E-state index contributed by atoms with van der Waals surface area (Å²) < 4.78 is 5.36. The van der Waals surface area contributed by atoms with Gasteiger partial charge >= 0.3 is 0 Å². The van der Waals surface area contributed by atoms with Gasteiger partial charge in [-0.05, 0) is 24.3 Å². The molecule has 0 amide bonds. The minimum absolute atomic E-state index is 0.0221. The van der Waals surface area contributed by atoms with E-state index in [2.05, 4.69) is 20.1 Å². The van der Waals surface area contributed by atoms with Crippen LogP contribution in [0.1, 0.15) is 0 Å². The van der Waals surface area contributed by atoms with Crippen molar-refractivity contribution in [1.29, 1.82) is 0 Å². The highest BCUT2D eigenvalue weighted by Gasteiger charge is 2.20. The third-order valence-electron chi connectivity index (χ3n) is 3.65. The van der Waals surface area contributed by atoms with Gasteiger partial charge in [-0.15, -0.1) is 11.3 Å². The second kappa shape index (κ2) is 6.90. The minimum atomic E-state index is -0.477. The van der Waals surface area contributed by atoms with E-state index >= 15 is 0 Å². The fourth-order valence-electron chi connectivity index (χ4n) is 2.45. The summed E-state index contributed by atoms with van der Waals surface area (Å²) >= 11 is 1.32. The second-order valence-electron chi connectivity index (χ2n) is 5.25. The number of hydrogen-bond donors (Lipinski definition) is 2. The molecule has 0 saturated carbocycles. The van der Waals surface area contributed by atoms with Crippen molar-refractivity contribution >= 4 is 39.3 Å². The van der Waals surface area contributed by atoms with E-state index in [0.717, 1.165) is 16.6 Å². The summed E-state index contributed by atoms with van der Waals surface area (Å²) in [6.45, 7) is 0. The molecule has 0 spiro atoms. The molecule has 0 bridgehead atoms. The van der Waals surface area contributed by atoms with Gasteiger partial charge in [0.15, 0.2) is 0 Å². The molecule has 0 unspecified atom stereocenters. The van der Waals surface area contributed by atoms with Crippen molar-refractivity contribution < 1.29 is 14.7 Å². The van der Waals surface area contributed by atoms with Gasteiger partial charge in [0.2, 0.25) is 5.82 Å². The van der Waals surface area contributed by atoms with E-state index in [1.165, 1.54) is 23.5 Å². The van der Waals surface area contributed by atoms with Gasteiger partial charge in [0, 0.05) is 29.3 Å². The number of nitrogens with one attached hydrogen (secondary N) is 1. The molecule has 3 aromatic heterocycles. The zero-order valence-corrected chi connectivity index (χ0v) is 14.3. The highest BCUT2D eigenvalue weighted by Crippen LogP contribution is 2.43. The highest BCUT2D eigenvalue weighted by molar-refractivity contribution is 7.22. The number of pyridine rings is 1. The van der Waals surface area contributed by atoms with E-state index in [9.17, 15) is 10.1 Å². The number of non-ortho nitro benzene ring substituents is 1. The van der Waals surface area contributed by atoms with Gasteiger partial charge < -0.3 is 4.52 Å². The van der Waals surface area contributed by atoms with Crippen LogP contribution in [0, 0.1) is 10.1 Å². The van der Waals surface area contributed by atoms with Crippen LogP contribution in [0.15, 0.2) is 52.1 Å². The molecule has 0 aliphatic heterocycles. The van der Waals surface area contributed by atoms with E-state index in [0.29, 0.717) is 22.0 Å². The van der Waals surface area contributed by atoms with E-state index in [-0.39, 0.29) is 11.6 Å². The maximum absolute atomic E-state index is 10.8. The van der Waals surface area contributed by atoms with Crippen molar-refractivity contribution in [2.75, 3.05) is 0 Å². The molecule has 134 valence electrons. The van der Waals surface area contributed by atoms with Gasteiger partial charge in [0.25, 0.3) is 11.6 Å². The SMILES string of the molecule is O=[N+]([O-])c1ccc(-c2noc(-c3sc4ncccc4c3N=CNO)n2)cc1. The van der Waals surface area contributed by atoms with Crippen LogP contribution in [0.2, 0.25) is 0 Å². The number of nitro groups is 1. The van der Waals surface area contributed by atoms with E-state index in [1.54, 1.807) is 24.4 Å². The summed E-state index contributed by atoms with van der Waals surface area (Å²) in [6, 6.07) is 9.47. The molecule has 0 aliphatic carbocycles. The normalized spacial score (nSPS) is 11.3. The fraction of sp³-hybridized carbons (Fsp3) is 0. The molecule has 4 rings (SSSR count). The number of aromatic nitrogens is 3. The topological polar surface area (TPSA) is 140 Å². The number of nitrogens with zero attached hydrogens (tertiary/aromatic N) is 5. The van der Waals surface area contributed by atoms with Gasteiger partial charge in [0.1, 0.15) is 16.0 Å². The van der Waals surface area contributed by atoms with Crippen molar-refractivity contribution in [3.05, 3.63) is 52.7 Å². The highest BCUT2D eigenvalue weighted by atomic mass is 32.1. The molecule has 0 atom stereocenters. The Hall–Kier alpha value is -3.70. The molecule has 0 radical (unpaired) electrons.